The molecule has 2 atom stereocenters. The van der Waals surface area contributed by atoms with Crippen LogP contribution in [0.3, 0.4) is 0 Å². The maximum absolute atomic E-state index is 13.0. The van der Waals surface area contributed by atoms with Crippen molar-refractivity contribution in [3.63, 3.8) is 0 Å². The highest BCUT2D eigenvalue weighted by atomic mass is 32.2. The molecule has 0 aliphatic rings. The summed E-state index contributed by atoms with van der Waals surface area (Å²) in [7, 11) is -10.4. The van der Waals surface area contributed by atoms with Crippen molar-refractivity contribution in [1.82, 2.24) is 0 Å². The number of alkyl halides is 12. The lowest BCUT2D eigenvalue weighted by atomic mass is 9.93. The second-order valence-electron chi connectivity index (χ2n) is 30.6. The maximum atomic E-state index is 13.0. The molecule has 0 spiro atoms. The predicted octanol–water partition coefficient (Wildman–Crippen LogP) is 26.8. The zero-order valence-electron chi connectivity index (χ0n) is 71.4. The third kappa shape index (κ3) is 22.4. The van der Waals surface area contributed by atoms with E-state index in [0.717, 1.165) is 88.7 Å². The molecule has 2 unspecified atom stereocenters. The molecule has 0 radical (unpaired) electrons. The Labute approximate surface area is 765 Å². The average molecular weight is 1910 g/mol. The lowest BCUT2D eigenvalue weighted by Crippen LogP contribution is -2.06. The molecule has 2 N–H and O–H groups in total. The fourth-order valence-corrected chi connectivity index (χ4v) is 18.6. The van der Waals surface area contributed by atoms with Crippen molar-refractivity contribution in [2.24, 2.45) is 0 Å². The number of halogens is 12. The number of benzene rings is 16. The van der Waals surface area contributed by atoms with E-state index in [9.17, 15) is 107 Å². The summed E-state index contributed by atoms with van der Waals surface area (Å²) in [6.07, 6.45) is -12.8. The lowest BCUT2D eigenvalue weighted by molar-refractivity contribution is -0.138. The van der Waals surface area contributed by atoms with Crippen molar-refractivity contribution in [3.05, 3.63) is 360 Å². The van der Waals surface area contributed by atoms with Crippen LogP contribution >= 0.6 is 0 Å². The van der Waals surface area contributed by atoms with Crippen LogP contribution in [0, 0.1) is 0 Å². The van der Waals surface area contributed by atoms with E-state index in [0.29, 0.717) is 103 Å². The quantitative estimate of drug-likeness (QED) is 0.0601. The number of sulfone groups is 2. The smallest absolute Gasteiger partial charge is 0.416 e. The number of esters is 2. The number of rotatable bonds is 18. The summed E-state index contributed by atoms with van der Waals surface area (Å²) in [6, 6.07) is 80.4. The number of fused-ring (bicyclic) bond motifs is 4. The summed E-state index contributed by atoms with van der Waals surface area (Å²) in [5.41, 5.74) is 6.28. The SMILES string of the molecule is CCOC(=O)c1cc(-c2ccccc2)c2cc(S(C)(=O)=O)c(-c3ccc(C(F)(F)F)cc3)cc2c1.CCOC(=O)c1cc(-c2ccccc2)c2cc(S(C)=O)c(-c3ccc(C(F)(F)F)cc3)cc2c1.CS(=O)(=O)c1cc2c(-c3ccccc3)cc(C(=O)O)cc2cc1-c1ccc(C(F)(F)F)cc1.CS(=O)c1cc2c(-c3ccccc3)cc(C(=O)O)cc2cc1-c1ccc(C(F)(F)F)cc1. The molecule has 0 saturated heterocycles. The Hall–Kier alpha value is -14.2. The molecule has 134 heavy (non-hydrogen) atoms. The van der Waals surface area contributed by atoms with Gasteiger partial charge in [0.1, 0.15) is 0 Å². The van der Waals surface area contributed by atoms with Gasteiger partial charge in [0.05, 0.1) is 89.1 Å². The first-order valence-electron chi connectivity index (χ1n) is 40.5. The normalized spacial score (nSPS) is 12.3. The number of ether oxygens (including phenoxy) is 2. The minimum absolute atomic E-state index is 0.00632. The van der Waals surface area contributed by atoms with E-state index < -0.39 is 112 Å². The molecule has 30 heteroatoms. The second-order valence-corrected chi connectivity index (χ2v) is 37.3. The van der Waals surface area contributed by atoms with E-state index >= 15 is 0 Å². The Kier molecular flexibility index (Phi) is 28.8. The van der Waals surface area contributed by atoms with Gasteiger partial charge < -0.3 is 19.7 Å². The fourth-order valence-electron chi connectivity index (χ4n) is 15.3. The van der Waals surface area contributed by atoms with Crippen LogP contribution in [0.15, 0.2) is 335 Å². The van der Waals surface area contributed by atoms with Crippen LogP contribution in [-0.2, 0) is 75.5 Å². The molecule has 0 heterocycles. The van der Waals surface area contributed by atoms with Crippen molar-refractivity contribution >= 4 is 108 Å². The summed E-state index contributed by atoms with van der Waals surface area (Å²) in [4.78, 5) is 49.5. The Bertz CT molecular complexity index is 7490. The number of carbonyl (C=O) groups excluding carboxylic acids is 2. The highest BCUT2D eigenvalue weighted by Gasteiger charge is 2.35. The van der Waals surface area contributed by atoms with Crippen LogP contribution in [0.5, 0.6) is 0 Å². The number of aromatic carboxylic acids is 2. The number of hydrogen-bond acceptors (Lipinski definition) is 12. The van der Waals surface area contributed by atoms with Crippen LogP contribution in [0.4, 0.5) is 52.7 Å². The first-order chi connectivity index (χ1) is 63.3. The fraction of sp³-hybridized carbons (Fsp3) is 0.115. The van der Waals surface area contributed by atoms with E-state index in [-0.39, 0.29) is 56.4 Å². The van der Waals surface area contributed by atoms with Gasteiger partial charge in [-0.2, -0.15) is 52.7 Å². The van der Waals surface area contributed by atoms with Gasteiger partial charge in [-0.05, 0) is 280 Å². The molecule has 684 valence electrons. The summed E-state index contributed by atoms with van der Waals surface area (Å²) >= 11 is 0. The zero-order chi connectivity index (χ0) is 96.8. The molecule has 0 aliphatic carbocycles. The molecule has 0 bridgehead atoms. The topological polar surface area (TPSA) is 230 Å². The number of hydrogen-bond donors (Lipinski definition) is 2. The molecule has 0 saturated carbocycles. The summed E-state index contributed by atoms with van der Waals surface area (Å²) in [6.45, 7) is 3.82. The molecule has 0 fully saturated rings. The van der Waals surface area contributed by atoms with Crippen molar-refractivity contribution < 1.29 is 117 Å². The Morgan fingerprint density at radius 2 is 0.493 bits per heavy atom. The highest BCUT2D eigenvalue weighted by molar-refractivity contribution is 7.91. The third-order valence-corrected chi connectivity index (χ3v) is 25.8. The maximum Gasteiger partial charge on any atom is 0.416 e. The molecule has 16 aromatic rings. The predicted molar refractivity (Wildman–Crippen MR) is 496 cm³/mol. The van der Waals surface area contributed by atoms with Gasteiger partial charge in [-0.25, -0.2) is 36.0 Å². The first kappa shape index (κ1) is 97.3. The van der Waals surface area contributed by atoms with Gasteiger partial charge in [0, 0.05) is 45.9 Å². The van der Waals surface area contributed by atoms with Gasteiger partial charge in [-0.15, -0.1) is 0 Å². The van der Waals surface area contributed by atoms with Gasteiger partial charge in [0.25, 0.3) is 0 Å². The zero-order valence-corrected chi connectivity index (χ0v) is 74.7. The number of carboxylic acid groups (broad SMARTS) is 2. The van der Waals surface area contributed by atoms with Crippen molar-refractivity contribution in [3.8, 4) is 89.0 Å². The Morgan fingerprint density at radius 3 is 0.709 bits per heavy atom. The molecular weight excluding hydrogens is 1830 g/mol. The van der Waals surface area contributed by atoms with Crippen LogP contribution < -0.4 is 0 Å². The van der Waals surface area contributed by atoms with Gasteiger partial charge in [0.15, 0.2) is 19.7 Å². The summed E-state index contributed by atoms with van der Waals surface area (Å²) in [5.74, 6) is -3.25. The molecule has 0 amide bonds. The molecule has 16 rings (SSSR count). The number of carbonyl (C=O) groups is 4. The third-order valence-electron chi connectivity index (χ3n) is 21.6. The standard InChI is InChI=1S/C27H21F3O4S.C27H21F3O3S.C25H17F3O4S.C25H17F3O3S/c1-3-34-26(31)20-13-19-14-24(18-9-11-21(12-10-18)27(28,29)30)25(35(2,32)33)16-23(19)22(15-20)17-7-5-4-6-8-17;1-3-33-26(31)20-13-19-14-24(18-9-11-21(12-10-18)27(28,29)30)25(34(2)32)16-23(19)22(15-20)17-7-5-4-6-8-17;1-33(31,32)23-14-21-17(12-22(23)16-7-9-19(10-8-16)25(26,27)28)11-18(24(29)30)13-20(21)15-5-3-2-4-6-15;1-32(31)23-14-21-17(12-22(23)16-7-9-19(10-8-16)25(26,27)28)11-18(24(29)30)13-20(21)15-5-3-2-4-6-15/h4-16H,3H2,1-2H3;4-16H,3H2,1-2H3;2-14H,1H3,(H,29,30);2-14H,1H3,(H,29,30). The van der Waals surface area contributed by atoms with Crippen LogP contribution in [0.1, 0.15) is 77.5 Å². The van der Waals surface area contributed by atoms with Gasteiger partial charge in [-0.1, -0.05) is 170 Å². The van der Waals surface area contributed by atoms with E-state index in [2.05, 4.69) is 0 Å². The van der Waals surface area contributed by atoms with Crippen LogP contribution in [0.2, 0.25) is 0 Å². The van der Waals surface area contributed by atoms with Crippen molar-refractivity contribution in [2.75, 3.05) is 38.2 Å². The largest absolute Gasteiger partial charge is 0.478 e. The molecule has 14 nitrogen and oxygen atoms in total. The van der Waals surface area contributed by atoms with Crippen molar-refractivity contribution in [1.29, 1.82) is 0 Å². The minimum Gasteiger partial charge on any atom is -0.478 e. The summed E-state index contributed by atoms with van der Waals surface area (Å²) in [5, 5.41) is 24.1. The van der Waals surface area contributed by atoms with E-state index in [1.165, 1.54) is 97.4 Å². The summed E-state index contributed by atoms with van der Waals surface area (Å²) < 4.78 is 242. The monoisotopic (exact) mass is 1900 g/mol. The van der Waals surface area contributed by atoms with E-state index in [1.54, 1.807) is 105 Å². The highest BCUT2D eigenvalue weighted by Crippen LogP contribution is 2.46. The van der Waals surface area contributed by atoms with Gasteiger partial charge in [-0.3, -0.25) is 8.42 Å². The van der Waals surface area contributed by atoms with Crippen molar-refractivity contribution in [2.45, 2.75) is 58.1 Å². The van der Waals surface area contributed by atoms with Crippen LogP contribution in [0.25, 0.3) is 132 Å². The molecule has 16 aromatic carbocycles. The van der Waals surface area contributed by atoms with Gasteiger partial charge in [0.2, 0.25) is 0 Å². The van der Waals surface area contributed by atoms with Gasteiger partial charge >= 0.3 is 48.6 Å². The van der Waals surface area contributed by atoms with Crippen LogP contribution in [-0.4, -0.2) is 97.6 Å². The Morgan fingerprint density at radius 1 is 0.284 bits per heavy atom. The van der Waals surface area contributed by atoms with E-state index in [4.69, 9.17) is 9.47 Å². The first-order valence-corrected chi connectivity index (χ1v) is 47.4. The average Bonchev–Trinajstić information content (AvgIpc) is 0.760. The second kappa shape index (κ2) is 39.7. The molecule has 0 aromatic heterocycles. The molecular formula is C104H76F12O14S4. The van der Waals surface area contributed by atoms with E-state index in [1.807, 2.05) is 91.0 Å². The Balaban J connectivity index is 0.000000152. The number of carboxylic acids is 2. The minimum atomic E-state index is -4.53. The lowest BCUT2D eigenvalue weighted by Gasteiger charge is -2.16. The molecule has 0 aliphatic heterocycles.